The van der Waals surface area contributed by atoms with Crippen molar-refractivity contribution in [3.63, 3.8) is 0 Å². The molecule has 2 aromatic heterocycles. The minimum Gasteiger partial charge on any atom is -0.489 e. The summed E-state index contributed by atoms with van der Waals surface area (Å²) in [7, 11) is 0. The Hall–Kier alpha value is -3.01. The van der Waals surface area contributed by atoms with Crippen LogP contribution in [0.2, 0.25) is 0 Å². The molecular formula is C32H29Br3N4O2. The molecular weight excluding hydrogens is 712 g/mol. The van der Waals surface area contributed by atoms with E-state index in [1.165, 1.54) is 4.68 Å². The summed E-state index contributed by atoms with van der Waals surface area (Å²) in [6, 6.07) is 21.7. The summed E-state index contributed by atoms with van der Waals surface area (Å²) in [5.74, 6) is 1.52. The van der Waals surface area contributed by atoms with Crippen molar-refractivity contribution in [3.8, 4) is 11.4 Å². The molecule has 6 nitrogen and oxygen atoms in total. The molecule has 0 aliphatic rings. The van der Waals surface area contributed by atoms with Crippen molar-refractivity contribution in [2.75, 3.05) is 0 Å². The molecule has 3 aromatic carbocycles. The SMILES string of the molecule is CC[C@@H](C)c1nc2ccc(Br)cc2c(=O)n1N=Cc1cc(C)n(-c2ccc(OCc3ccc(Br)cc3Br)cc2)c1C. The van der Waals surface area contributed by atoms with Crippen LogP contribution in [-0.2, 0) is 6.61 Å². The third kappa shape index (κ3) is 6.27. The largest absolute Gasteiger partial charge is 0.489 e. The highest BCUT2D eigenvalue weighted by molar-refractivity contribution is 9.11. The number of aromatic nitrogens is 3. The van der Waals surface area contributed by atoms with Crippen molar-refractivity contribution in [1.29, 1.82) is 0 Å². The Kier molecular flexibility index (Phi) is 8.97. The summed E-state index contributed by atoms with van der Waals surface area (Å²) in [6.45, 7) is 8.73. The van der Waals surface area contributed by atoms with Gasteiger partial charge in [-0.15, -0.1) is 0 Å². The van der Waals surface area contributed by atoms with E-state index in [1.807, 2.05) is 54.6 Å². The standard InChI is InChI=1S/C32H29Br3N4O2/c1-5-19(2)31-37-30-13-8-24(33)15-28(30)32(40)39(31)36-17-23-14-20(3)38(21(23)4)26-9-11-27(12-10-26)41-18-22-6-7-25(34)16-29(22)35/h6-17,19H,5,18H2,1-4H3/t19-/m1/s1. The highest BCUT2D eigenvalue weighted by Gasteiger charge is 2.16. The molecule has 2 heterocycles. The van der Waals surface area contributed by atoms with Crippen molar-refractivity contribution in [1.82, 2.24) is 14.2 Å². The Morgan fingerprint density at radius 1 is 0.976 bits per heavy atom. The lowest BCUT2D eigenvalue weighted by atomic mass is 10.1. The molecule has 1 atom stereocenters. The Balaban J connectivity index is 1.42. The van der Waals surface area contributed by atoms with Crippen LogP contribution in [0.25, 0.3) is 16.6 Å². The van der Waals surface area contributed by atoms with Gasteiger partial charge in [0.1, 0.15) is 18.2 Å². The van der Waals surface area contributed by atoms with Gasteiger partial charge in [-0.1, -0.05) is 67.7 Å². The van der Waals surface area contributed by atoms with Gasteiger partial charge in [0.25, 0.3) is 5.56 Å². The van der Waals surface area contributed by atoms with Crippen LogP contribution in [0.4, 0.5) is 0 Å². The second-order valence-electron chi connectivity index (χ2n) is 9.98. The zero-order valence-corrected chi connectivity index (χ0v) is 27.9. The molecule has 0 radical (unpaired) electrons. The summed E-state index contributed by atoms with van der Waals surface area (Å²) in [5, 5.41) is 5.21. The zero-order chi connectivity index (χ0) is 29.3. The molecule has 5 rings (SSSR count). The third-order valence-corrected chi connectivity index (χ3v) is 8.90. The Morgan fingerprint density at radius 3 is 2.39 bits per heavy atom. The second kappa shape index (κ2) is 12.5. The van der Waals surface area contributed by atoms with Crippen LogP contribution in [0.3, 0.4) is 0 Å². The number of benzene rings is 3. The predicted octanol–water partition coefficient (Wildman–Crippen LogP) is 9.07. The second-order valence-corrected chi connectivity index (χ2v) is 12.7. The number of rotatable bonds is 8. The number of nitrogens with zero attached hydrogens (tertiary/aromatic N) is 4. The Labute approximate surface area is 264 Å². The molecule has 0 aliphatic heterocycles. The molecule has 0 N–H and O–H groups in total. The van der Waals surface area contributed by atoms with Gasteiger partial charge in [-0.3, -0.25) is 4.79 Å². The minimum absolute atomic E-state index is 0.0749. The van der Waals surface area contributed by atoms with Gasteiger partial charge < -0.3 is 9.30 Å². The molecule has 9 heteroatoms. The summed E-state index contributed by atoms with van der Waals surface area (Å²) in [4.78, 5) is 18.3. The number of halogens is 3. The highest BCUT2D eigenvalue weighted by Crippen LogP contribution is 2.26. The van der Waals surface area contributed by atoms with E-state index in [0.29, 0.717) is 23.3 Å². The van der Waals surface area contributed by atoms with Crippen LogP contribution in [-0.4, -0.2) is 20.4 Å². The van der Waals surface area contributed by atoms with E-state index >= 15 is 0 Å². The fraction of sp³-hybridized carbons (Fsp3) is 0.219. The van der Waals surface area contributed by atoms with Crippen molar-refractivity contribution >= 4 is 64.9 Å². The summed E-state index contributed by atoms with van der Waals surface area (Å²) in [6.07, 6.45) is 2.60. The number of ether oxygens (including phenoxy) is 1. The van der Waals surface area contributed by atoms with Gasteiger partial charge in [-0.2, -0.15) is 9.78 Å². The quantitative estimate of drug-likeness (QED) is 0.149. The molecule has 0 fully saturated rings. The van der Waals surface area contributed by atoms with E-state index in [2.05, 4.69) is 91.2 Å². The van der Waals surface area contributed by atoms with Crippen molar-refractivity contribution < 1.29 is 4.74 Å². The van der Waals surface area contributed by atoms with E-state index in [1.54, 1.807) is 12.3 Å². The van der Waals surface area contributed by atoms with Gasteiger partial charge in [0, 0.05) is 47.5 Å². The lowest BCUT2D eigenvalue weighted by Crippen LogP contribution is -2.23. The fourth-order valence-electron chi connectivity index (χ4n) is 4.71. The van der Waals surface area contributed by atoms with Crippen molar-refractivity contribution in [2.45, 2.75) is 46.6 Å². The van der Waals surface area contributed by atoms with Gasteiger partial charge in [0.15, 0.2) is 0 Å². The summed E-state index contributed by atoms with van der Waals surface area (Å²) < 4.78 is 12.5. The number of aryl methyl sites for hydroxylation is 1. The van der Waals surface area contributed by atoms with Gasteiger partial charge in [0.2, 0.25) is 0 Å². The topological polar surface area (TPSA) is 61.4 Å². The number of fused-ring (bicyclic) bond motifs is 1. The average Bonchev–Trinajstić information content (AvgIpc) is 3.24. The molecule has 0 bridgehead atoms. The fourth-order valence-corrected chi connectivity index (χ4v) is 6.23. The predicted molar refractivity (Wildman–Crippen MR) is 177 cm³/mol. The first kappa shape index (κ1) is 29.5. The van der Waals surface area contributed by atoms with Crippen molar-refractivity contribution in [3.05, 3.63) is 119 Å². The molecule has 0 unspecified atom stereocenters. The van der Waals surface area contributed by atoms with Crippen LogP contribution in [0.1, 0.15) is 54.5 Å². The van der Waals surface area contributed by atoms with Crippen molar-refractivity contribution in [2.24, 2.45) is 5.10 Å². The lowest BCUT2D eigenvalue weighted by molar-refractivity contribution is 0.305. The van der Waals surface area contributed by atoms with Crippen LogP contribution in [0, 0.1) is 13.8 Å². The molecule has 0 saturated heterocycles. The van der Waals surface area contributed by atoms with E-state index in [-0.39, 0.29) is 11.5 Å². The Morgan fingerprint density at radius 2 is 1.68 bits per heavy atom. The van der Waals surface area contributed by atoms with Gasteiger partial charge in [-0.25, -0.2) is 4.98 Å². The third-order valence-electron chi connectivity index (χ3n) is 7.17. The number of hydrogen-bond acceptors (Lipinski definition) is 4. The molecule has 5 aromatic rings. The first-order valence-electron chi connectivity index (χ1n) is 13.3. The maximum absolute atomic E-state index is 13.5. The van der Waals surface area contributed by atoms with E-state index in [9.17, 15) is 4.79 Å². The van der Waals surface area contributed by atoms with E-state index in [0.717, 1.165) is 53.8 Å². The highest BCUT2D eigenvalue weighted by atomic mass is 79.9. The zero-order valence-electron chi connectivity index (χ0n) is 23.2. The number of hydrogen-bond donors (Lipinski definition) is 0. The molecule has 0 spiro atoms. The Bertz CT molecular complexity index is 1820. The lowest BCUT2D eigenvalue weighted by Gasteiger charge is -2.14. The molecule has 0 saturated carbocycles. The van der Waals surface area contributed by atoms with Crippen LogP contribution >= 0.6 is 47.8 Å². The first-order valence-corrected chi connectivity index (χ1v) is 15.7. The monoisotopic (exact) mass is 738 g/mol. The van der Waals surface area contributed by atoms with Crippen LogP contribution < -0.4 is 10.3 Å². The van der Waals surface area contributed by atoms with E-state index < -0.39 is 0 Å². The smallest absolute Gasteiger partial charge is 0.282 e. The van der Waals surface area contributed by atoms with Crippen LogP contribution in [0.15, 0.2) is 90.0 Å². The van der Waals surface area contributed by atoms with Crippen LogP contribution in [0.5, 0.6) is 5.75 Å². The molecule has 0 amide bonds. The van der Waals surface area contributed by atoms with E-state index in [4.69, 9.17) is 9.72 Å². The van der Waals surface area contributed by atoms with Gasteiger partial charge in [0.05, 0.1) is 17.1 Å². The molecule has 41 heavy (non-hydrogen) atoms. The maximum Gasteiger partial charge on any atom is 0.282 e. The first-order chi connectivity index (χ1) is 19.7. The normalized spacial score (nSPS) is 12.4. The summed E-state index contributed by atoms with van der Waals surface area (Å²) >= 11 is 10.5. The minimum atomic E-state index is -0.178. The molecule has 210 valence electrons. The molecule has 0 aliphatic carbocycles. The maximum atomic E-state index is 13.5. The van der Waals surface area contributed by atoms with Gasteiger partial charge in [-0.05, 0) is 80.9 Å². The summed E-state index contributed by atoms with van der Waals surface area (Å²) in [5.41, 5.74) is 5.60. The average molecular weight is 741 g/mol. The van der Waals surface area contributed by atoms with Gasteiger partial charge >= 0.3 is 0 Å².